The molecule has 0 saturated carbocycles. The predicted octanol–water partition coefficient (Wildman–Crippen LogP) is 3.82. The van der Waals surface area contributed by atoms with Crippen molar-refractivity contribution in [2.75, 3.05) is 44.9 Å². The number of hydrogen-bond acceptors (Lipinski definition) is 7. The molecule has 2 aliphatic heterocycles. The molecule has 2 fully saturated rings. The quantitative estimate of drug-likeness (QED) is 0.493. The lowest BCUT2D eigenvalue weighted by Gasteiger charge is -2.49. The Morgan fingerprint density at radius 1 is 1.18 bits per heavy atom. The molecule has 33 heavy (non-hydrogen) atoms. The number of rotatable bonds is 3. The summed E-state index contributed by atoms with van der Waals surface area (Å²) in [5, 5.41) is 6.28. The highest BCUT2D eigenvalue weighted by Crippen LogP contribution is 2.37. The number of methoxy groups -OCH3 is 1. The molecule has 2 saturated heterocycles. The lowest BCUT2D eigenvalue weighted by Crippen LogP contribution is -2.70. The minimum atomic E-state index is -0.529. The number of fused-ring (bicyclic) bond motifs is 2. The summed E-state index contributed by atoms with van der Waals surface area (Å²) in [4.78, 5) is 15.6. The van der Waals surface area contributed by atoms with Crippen LogP contribution in [0.25, 0.3) is 32.9 Å². The van der Waals surface area contributed by atoms with Gasteiger partial charge < -0.3 is 19.7 Å². The summed E-state index contributed by atoms with van der Waals surface area (Å²) in [5.41, 5.74) is 0.874. The first kappa shape index (κ1) is 20.5. The first-order valence-corrected chi connectivity index (χ1v) is 11.1. The Morgan fingerprint density at radius 3 is 2.76 bits per heavy atom. The molecule has 1 N–H and O–H groups in total. The molecule has 168 valence electrons. The number of pyridine rings is 1. The number of nitrogens with zero attached hydrogens (tertiary/aromatic N) is 4. The minimum absolute atomic E-state index is 0.103. The van der Waals surface area contributed by atoms with Gasteiger partial charge in [0.1, 0.15) is 17.0 Å². The first-order chi connectivity index (χ1) is 16.1. The monoisotopic (exact) mass is 465 g/mol. The van der Waals surface area contributed by atoms with Crippen LogP contribution in [0.1, 0.15) is 0 Å². The number of anilines is 1. The van der Waals surface area contributed by atoms with Gasteiger partial charge in [-0.3, -0.25) is 4.98 Å². The number of halogens is 2. The van der Waals surface area contributed by atoms with Crippen molar-refractivity contribution in [3.8, 4) is 17.3 Å². The Kier molecular flexibility index (Phi) is 4.83. The number of aromatic nitrogens is 3. The molecule has 2 aliphatic rings. The number of benzene rings is 2. The molecule has 0 unspecified atom stereocenters. The topological polar surface area (TPSA) is 72.4 Å². The summed E-state index contributed by atoms with van der Waals surface area (Å²) in [5.74, 6) is 0.0808. The molecule has 1 spiro atoms. The van der Waals surface area contributed by atoms with Crippen molar-refractivity contribution in [1.82, 2.24) is 20.3 Å². The van der Waals surface area contributed by atoms with Gasteiger partial charge in [-0.1, -0.05) is 41.9 Å². The molecule has 2 aromatic carbocycles. The SMILES string of the molecule is COc1nc(N2CCNC3(COC3)C2)c2cnc(-c3cccc4cccc(Cl)c34)c(F)c2n1. The van der Waals surface area contributed by atoms with Gasteiger partial charge in [0.2, 0.25) is 0 Å². The standard InChI is InChI=1S/C24H21ClFN5O2/c1-32-23-29-21-16(22(30-23)31-9-8-28-24(11-31)12-33-13-24)10-27-20(19(21)26)15-6-2-4-14-5-3-7-17(25)18(14)15/h2-7,10,28H,8-9,11-13H2,1H3. The van der Waals surface area contributed by atoms with Gasteiger partial charge in [-0.15, -0.1) is 0 Å². The highest BCUT2D eigenvalue weighted by Gasteiger charge is 2.42. The van der Waals surface area contributed by atoms with Crippen LogP contribution in [0, 0.1) is 5.82 Å². The first-order valence-electron chi connectivity index (χ1n) is 10.7. The summed E-state index contributed by atoms with van der Waals surface area (Å²) in [7, 11) is 1.48. The highest BCUT2D eigenvalue weighted by molar-refractivity contribution is 6.36. The molecule has 7 nitrogen and oxygen atoms in total. The maximum atomic E-state index is 16.0. The fourth-order valence-corrected chi connectivity index (χ4v) is 5.00. The highest BCUT2D eigenvalue weighted by atomic mass is 35.5. The van der Waals surface area contributed by atoms with Crippen LogP contribution in [-0.2, 0) is 4.74 Å². The Morgan fingerprint density at radius 2 is 2.00 bits per heavy atom. The molecule has 6 rings (SSSR count). The van der Waals surface area contributed by atoms with Gasteiger partial charge >= 0.3 is 6.01 Å². The van der Waals surface area contributed by atoms with E-state index in [-0.39, 0.29) is 22.8 Å². The number of nitrogens with one attached hydrogen (secondary N) is 1. The zero-order valence-corrected chi connectivity index (χ0v) is 18.7. The van der Waals surface area contributed by atoms with Gasteiger partial charge in [-0.05, 0) is 11.5 Å². The molecule has 0 bridgehead atoms. The maximum absolute atomic E-state index is 16.0. The van der Waals surface area contributed by atoms with Crippen molar-refractivity contribution in [1.29, 1.82) is 0 Å². The molecule has 2 aromatic heterocycles. The normalized spacial score (nSPS) is 17.5. The van der Waals surface area contributed by atoms with Crippen LogP contribution in [0.2, 0.25) is 5.02 Å². The van der Waals surface area contributed by atoms with E-state index in [1.165, 1.54) is 7.11 Å². The average Bonchev–Trinajstić information content (AvgIpc) is 2.83. The summed E-state index contributed by atoms with van der Waals surface area (Å²) >= 11 is 6.48. The fourth-order valence-electron chi connectivity index (χ4n) is 4.71. The second-order valence-electron chi connectivity index (χ2n) is 8.48. The van der Waals surface area contributed by atoms with E-state index in [1.54, 1.807) is 12.3 Å². The van der Waals surface area contributed by atoms with E-state index >= 15 is 4.39 Å². The van der Waals surface area contributed by atoms with E-state index in [0.29, 0.717) is 41.5 Å². The summed E-state index contributed by atoms with van der Waals surface area (Å²) in [6.07, 6.45) is 1.64. The van der Waals surface area contributed by atoms with Crippen molar-refractivity contribution in [3.05, 3.63) is 53.4 Å². The van der Waals surface area contributed by atoms with Crippen LogP contribution >= 0.6 is 11.6 Å². The zero-order chi connectivity index (χ0) is 22.6. The predicted molar refractivity (Wildman–Crippen MR) is 126 cm³/mol. The van der Waals surface area contributed by atoms with Crippen molar-refractivity contribution in [3.63, 3.8) is 0 Å². The third-order valence-electron chi connectivity index (χ3n) is 6.37. The molecule has 0 amide bonds. The Hall–Kier alpha value is -3.07. The summed E-state index contributed by atoms with van der Waals surface area (Å²) in [6.45, 7) is 3.48. The number of hydrogen-bond donors (Lipinski definition) is 1. The van der Waals surface area contributed by atoms with Gasteiger partial charge in [-0.2, -0.15) is 9.97 Å². The van der Waals surface area contributed by atoms with E-state index in [4.69, 9.17) is 21.1 Å². The lowest BCUT2D eigenvalue weighted by atomic mass is 9.94. The largest absolute Gasteiger partial charge is 0.467 e. The maximum Gasteiger partial charge on any atom is 0.318 e. The molecule has 4 heterocycles. The van der Waals surface area contributed by atoms with E-state index in [9.17, 15) is 0 Å². The third kappa shape index (κ3) is 3.28. The molecular weight excluding hydrogens is 445 g/mol. The van der Waals surface area contributed by atoms with Gasteiger partial charge in [0.05, 0.1) is 31.2 Å². The van der Waals surface area contributed by atoms with Gasteiger partial charge in [0.15, 0.2) is 5.82 Å². The second kappa shape index (κ2) is 7.76. The van der Waals surface area contributed by atoms with Crippen molar-refractivity contribution >= 4 is 39.1 Å². The van der Waals surface area contributed by atoms with E-state index < -0.39 is 5.82 Å². The average molecular weight is 466 g/mol. The van der Waals surface area contributed by atoms with E-state index in [1.807, 2.05) is 30.3 Å². The summed E-state index contributed by atoms with van der Waals surface area (Å²) in [6, 6.07) is 11.3. The molecule has 0 aliphatic carbocycles. The van der Waals surface area contributed by atoms with Gasteiger partial charge in [0.25, 0.3) is 0 Å². The Balaban J connectivity index is 1.54. The van der Waals surface area contributed by atoms with Gasteiger partial charge in [-0.25, -0.2) is 4.39 Å². The van der Waals surface area contributed by atoms with Crippen LogP contribution in [0.4, 0.5) is 10.2 Å². The fraction of sp³-hybridized carbons (Fsp3) is 0.292. The number of ether oxygens (including phenoxy) is 2. The third-order valence-corrected chi connectivity index (χ3v) is 6.68. The molecule has 0 radical (unpaired) electrons. The van der Waals surface area contributed by atoms with Crippen LogP contribution < -0.4 is 15.0 Å². The Labute approximate surface area is 194 Å². The zero-order valence-electron chi connectivity index (χ0n) is 17.9. The van der Waals surface area contributed by atoms with Crippen LogP contribution in [-0.4, -0.2) is 60.4 Å². The van der Waals surface area contributed by atoms with Crippen molar-refractivity contribution < 1.29 is 13.9 Å². The molecule has 4 aromatic rings. The van der Waals surface area contributed by atoms with Gasteiger partial charge in [0, 0.05) is 41.8 Å². The van der Waals surface area contributed by atoms with E-state index in [2.05, 4.69) is 25.2 Å². The lowest BCUT2D eigenvalue weighted by molar-refractivity contribution is -0.0743. The van der Waals surface area contributed by atoms with Crippen molar-refractivity contribution in [2.24, 2.45) is 0 Å². The molecule has 9 heteroatoms. The van der Waals surface area contributed by atoms with E-state index in [0.717, 1.165) is 23.9 Å². The minimum Gasteiger partial charge on any atom is -0.467 e. The van der Waals surface area contributed by atoms with Crippen LogP contribution in [0.3, 0.4) is 0 Å². The molecular formula is C24H21ClFN5O2. The second-order valence-corrected chi connectivity index (χ2v) is 8.89. The number of piperazine rings is 1. The summed E-state index contributed by atoms with van der Waals surface area (Å²) < 4.78 is 26.8. The van der Waals surface area contributed by atoms with Crippen molar-refractivity contribution in [2.45, 2.75) is 5.54 Å². The molecule has 0 atom stereocenters. The smallest absolute Gasteiger partial charge is 0.318 e. The Bertz CT molecular complexity index is 1390. The van der Waals surface area contributed by atoms with Crippen LogP contribution in [0.15, 0.2) is 42.6 Å². The van der Waals surface area contributed by atoms with Crippen LogP contribution in [0.5, 0.6) is 6.01 Å².